The number of fused-ring (bicyclic) bond motifs is 6. The van der Waals surface area contributed by atoms with Gasteiger partial charge >= 0.3 is 0 Å². The lowest BCUT2D eigenvalue weighted by Gasteiger charge is -2.58. The van der Waals surface area contributed by atoms with E-state index in [0.717, 1.165) is 115 Å². The van der Waals surface area contributed by atoms with Crippen LogP contribution in [0.5, 0.6) is 0 Å². The van der Waals surface area contributed by atoms with Gasteiger partial charge in [0.05, 0.1) is 24.4 Å². The fourth-order valence-corrected chi connectivity index (χ4v) is 20.6. The Kier molecular flexibility index (Phi) is 17.8. The second-order valence-corrected chi connectivity index (χ2v) is 28.8. The molecule has 0 spiro atoms. The van der Waals surface area contributed by atoms with Crippen LogP contribution in [0, 0.1) is 11.8 Å². The van der Waals surface area contributed by atoms with Gasteiger partial charge in [0.2, 0.25) is 0 Å². The van der Waals surface area contributed by atoms with Gasteiger partial charge in [0, 0.05) is 109 Å². The highest BCUT2D eigenvalue weighted by Crippen LogP contribution is 2.50. The van der Waals surface area contributed by atoms with Crippen LogP contribution in [-0.2, 0) is 9.47 Å². The van der Waals surface area contributed by atoms with Crippen molar-refractivity contribution in [2.75, 3.05) is 0 Å². The van der Waals surface area contributed by atoms with Crippen molar-refractivity contribution in [1.29, 1.82) is 0 Å². The summed E-state index contributed by atoms with van der Waals surface area (Å²) in [6.45, 7) is 28.1. The van der Waals surface area contributed by atoms with E-state index in [2.05, 4.69) is 112 Å². The summed E-state index contributed by atoms with van der Waals surface area (Å²) < 4.78 is 11.8. The molecule has 16 heterocycles. The number of hydrogen-bond acceptors (Lipinski definition) is 8. The van der Waals surface area contributed by atoms with Crippen LogP contribution in [0.1, 0.15) is 256 Å². The summed E-state index contributed by atoms with van der Waals surface area (Å²) >= 11 is 0. The minimum atomic E-state index is 0.594. The normalized spacial score (nSPS) is 44.5. The Morgan fingerprint density at radius 2 is 0.521 bits per heavy atom. The van der Waals surface area contributed by atoms with Crippen molar-refractivity contribution in [2.24, 2.45) is 11.8 Å². The van der Waals surface area contributed by atoms with Gasteiger partial charge in [-0.05, 0) is 249 Å². The molecule has 0 aromatic rings. The SMILES string of the molecule is CC(C)N1C2CC3CC(C2)CC1C3.CC(C)N1C2CC3CC1C(C2)O3.CC(C)N1C2CC3CC1CC(C2)O3.CC(C)N1C2CCC1CC2.CC(C)N1C2CCCC1CC2.CC(C)N1C2CCCC1CCC2. The van der Waals surface area contributed by atoms with Crippen LogP contribution in [0.4, 0.5) is 0 Å². The molecule has 0 radical (unpaired) electrons. The van der Waals surface area contributed by atoms with E-state index in [0.29, 0.717) is 30.5 Å². The third-order valence-electron chi connectivity index (χ3n) is 22.3. The minimum absolute atomic E-state index is 0.594. The van der Waals surface area contributed by atoms with Crippen LogP contribution in [-0.4, -0.2) is 163 Å². The van der Waals surface area contributed by atoms with Gasteiger partial charge in [-0.1, -0.05) is 19.3 Å². The Morgan fingerprint density at radius 3 is 0.831 bits per heavy atom. The number of nitrogens with zero attached hydrogens (tertiary/aromatic N) is 6. The summed E-state index contributed by atoms with van der Waals surface area (Å²) in [6, 6.07) is 15.6. The summed E-state index contributed by atoms with van der Waals surface area (Å²) in [6.07, 6.45) is 41.3. The first-order valence-corrected chi connectivity index (χ1v) is 32.0. The van der Waals surface area contributed by atoms with Gasteiger partial charge < -0.3 is 9.47 Å². The monoisotopic (exact) mass is 987 g/mol. The van der Waals surface area contributed by atoms with E-state index in [1.807, 2.05) is 0 Å². The molecule has 8 nitrogen and oxygen atoms in total. The van der Waals surface area contributed by atoms with E-state index in [9.17, 15) is 0 Å². The van der Waals surface area contributed by atoms with Gasteiger partial charge in [0.25, 0.3) is 0 Å². The summed E-state index contributed by atoms with van der Waals surface area (Å²) in [5.41, 5.74) is 0. The Hall–Kier alpha value is -0.320. The lowest BCUT2D eigenvalue weighted by atomic mass is 9.63. The standard InChI is InChI=1S/C12H21N.C11H19NO.C11H21N.C10H17NO.C10H19N.C9H17N/c1-8(2)13-11-4-9-3-10(6-11)7-12(13)5-9;1-7(2)12-8-3-10-5-9(12)6-11(4-8)13-10;1-9(2)12-10-5-3-6-11(12)8-4-7-10;1-6(2)11-7-3-8-5-9(11)10(4-7)12-8;1-8(2)11-9-4-3-5-10(11)7-6-9;1-7(2)10-8-3-4-9(10)6-5-8/h8-12H,3-7H2,1-2H3;7-11H,3-6H2,1-2H3;9-11H,3-8H2,1-2H3;6-10H,3-5H2,1-2H3;8-10H,3-7H2,1-2H3;7-9H,3-6H2,1-2H3. The van der Waals surface area contributed by atoms with Gasteiger partial charge in [0.1, 0.15) is 0 Å². The molecular formula is C63H114N6O2. The van der Waals surface area contributed by atoms with Gasteiger partial charge in [-0.25, -0.2) is 0 Å². The Balaban J connectivity index is 0.0000000986. The largest absolute Gasteiger partial charge is 0.375 e. The molecule has 2 aliphatic carbocycles. The zero-order valence-electron chi connectivity index (χ0n) is 48.4. The predicted molar refractivity (Wildman–Crippen MR) is 296 cm³/mol. The number of hydrogen-bond donors (Lipinski definition) is 0. The highest BCUT2D eigenvalue weighted by atomic mass is 16.5. The molecule has 18 rings (SSSR count). The van der Waals surface area contributed by atoms with Crippen LogP contribution in [0.2, 0.25) is 0 Å². The maximum absolute atomic E-state index is 5.92. The molecule has 408 valence electrons. The van der Waals surface area contributed by atoms with Crippen LogP contribution in [0.25, 0.3) is 0 Å². The van der Waals surface area contributed by atoms with Gasteiger partial charge in [-0.2, -0.15) is 0 Å². The fourth-order valence-electron chi connectivity index (χ4n) is 20.6. The van der Waals surface area contributed by atoms with Crippen LogP contribution in [0.3, 0.4) is 0 Å². The van der Waals surface area contributed by atoms with Crippen molar-refractivity contribution in [3.05, 3.63) is 0 Å². The quantitative estimate of drug-likeness (QED) is 0.261. The first-order valence-electron chi connectivity index (χ1n) is 32.0. The molecule has 18 bridgehead atoms. The second kappa shape index (κ2) is 23.3. The lowest BCUT2D eigenvalue weighted by molar-refractivity contribution is -0.188. The van der Waals surface area contributed by atoms with E-state index in [1.54, 1.807) is 6.42 Å². The van der Waals surface area contributed by atoms with Crippen LogP contribution >= 0.6 is 0 Å². The summed E-state index contributed by atoms with van der Waals surface area (Å²) in [4.78, 5) is 16.5. The van der Waals surface area contributed by atoms with Crippen LogP contribution in [0.15, 0.2) is 0 Å². The molecule has 0 amide bonds. The van der Waals surface area contributed by atoms with E-state index < -0.39 is 0 Å². The van der Waals surface area contributed by atoms with Gasteiger partial charge in [-0.15, -0.1) is 0 Å². The summed E-state index contributed by atoms with van der Waals surface area (Å²) in [5.74, 6) is 2.22. The molecule has 16 aliphatic heterocycles. The number of piperidine rings is 8. The molecule has 0 aromatic heterocycles. The topological polar surface area (TPSA) is 37.9 Å². The zero-order valence-corrected chi connectivity index (χ0v) is 48.4. The highest BCUT2D eigenvalue weighted by Gasteiger charge is 2.54. The van der Waals surface area contributed by atoms with Crippen LogP contribution < -0.4 is 0 Å². The van der Waals surface area contributed by atoms with Crippen molar-refractivity contribution in [3.8, 4) is 0 Å². The zero-order chi connectivity index (χ0) is 49.8. The van der Waals surface area contributed by atoms with Crippen molar-refractivity contribution in [2.45, 2.75) is 390 Å². The average molecular weight is 988 g/mol. The molecule has 18 fully saturated rings. The molecule has 0 aromatic carbocycles. The van der Waals surface area contributed by atoms with E-state index in [4.69, 9.17) is 9.47 Å². The number of rotatable bonds is 6. The molecule has 71 heavy (non-hydrogen) atoms. The maximum Gasteiger partial charge on any atom is 0.0750 e. The van der Waals surface area contributed by atoms with E-state index in [1.165, 1.54) is 167 Å². The minimum Gasteiger partial charge on any atom is -0.375 e. The average Bonchev–Trinajstić information content (AvgIpc) is 4.10. The predicted octanol–water partition coefficient (Wildman–Crippen LogP) is 13.1. The Labute approximate surface area is 438 Å². The number of ether oxygens (including phenoxy) is 2. The van der Waals surface area contributed by atoms with Gasteiger partial charge in [-0.3, -0.25) is 29.4 Å². The third kappa shape index (κ3) is 11.8. The van der Waals surface area contributed by atoms with Crippen molar-refractivity contribution < 1.29 is 9.47 Å². The molecule has 2 saturated carbocycles. The van der Waals surface area contributed by atoms with Gasteiger partial charge in [0.15, 0.2) is 0 Å². The smallest absolute Gasteiger partial charge is 0.0750 e. The van der Waals surface area contributed by atoms with Crippen molar-refractivity contribution >= 4 is 0 Å². The molecular weight excluding hydrogens is 873 g/mol. The lowest BCUT2D eigenvalue weighted by Crippen LogP contribution is -2.63. The summed E-state index contributed by atoms with van der Waals surface area (Å²) in [5, 5.41) is 0. The Morgan fingerprint density at radius 1 is 0.254 bits per heavy atom. The molecule has 8 heteroatoms. The molecule has 16 saturated heterocycles. The molecule has 6 unspecified atom stereocenters. The molecule has 18 aliphatic rings. The molecule has 0 N–H and O–H groups in total. The van der Waals surface area contributed by atoms with E-state index in [-0.39, 0.29) is 0 Å². The second-order valence-electron chi connectivity index (χ2n) is 28.8. The maximum atomic E-state index is 5.92. The fraction of sp³-hybridized carbons (Fsp3) is 1.00. The molecule has 6 atom stereocenters. The van der Waals surface area contributed by atoms with Crippen molar-refractivity contribution in [3.63, 3.8) is 0 Å². The third-order valence-corrected chi connectivity index (χ3v) is 22.3. The Bertz CT molecular complexity index is 1490. The van der Waals surface area contributed by atoms with E-state index >= 15 is 0 Å². The van der Waals surface area contributed by atoms with Crippen molar-refractivity contribution in [1.82, 2.24) is 29.4 Å². The summed E-state index contributed by atoms with van der Waals surface area (Å²) in [7, 11) is 0. The first-order chi connectivity index (χ1) is 34.1. The first kappa shape index (κ1) is 54.1. The highest BCUT2D eigenvalue weighted by molar-refractivity contribution is 5.08.